The largest absolute Gasteiger partial charge is 2.00 e. The van der Waals surface area contributed by atoms with Crippen molar-refractivity contribution in [2.45, 2.75) is 0 Å². The third-order valence-corrected chi connectivity index (χ3v) is 1.07. The maximum atomic E-state index is 12.2. The molecule has 0 saturated heterocycles. The molecule has 1 rings (SSSR count). The molecule has 0 aliphatic carbocycles. The summed E-state index contributed by atoms with van der Waals surface area (Å²) in [5, 5.41) is 0.142. The van der Waals surface area contributed by atoms with Crippen molar-refractivity contribution in [3.8, 4) is 0 Å². The van der Waals surface area contributed by atoms with E-state index in [2.05, 4.69) is 6.07 Å². The minimum absolute atomic E-state index is 0. The summed E-state index contributed by atoms with van der Waals surface area (Å²) in [5.74, 6) is -0.422. The SMILES string of the molecule is Fc1c[c-]ccc1Cl.[I-].[Zn+2]. The summed E-state index contributed by atoms with van der Waals surface area (Å²) >= 11 is 5.31. The van der Waals surface area contributed by atoms with E-state index in [0.717, 1.165) is 0 Å². The number of hydrogen-bond acceptors (Lipinski definition) is 0. The van der Waals surface area contributed by atoms with Crippen LogP contribution in [-0.2, 0) is 19.5 Å². The Bertz CT molecular complexity index is 174. The smallest absolute Gasteiger partial charge is 1.00 e. The van der Waals surface area contributed by atoms with Gasteiger partial charge in [-0.3, -0.25) is 4.39 Å². The topological polar surface area (TPSA) is 0 Å². The number of benzene rings is 1. The van der Waals surface area contributed by atoms with E-state index >= 15 is 0 Å². The summed E-state index contributed by atoms with van der Waals surface area (Å²) in [4.78, 5) is 0. The van der Waals surface area contributed by atoms with Gasteiger partial charge >= 0.3 is 19.5 Å². The molecule has 50 valence electrons. The van der Waals surface area contributed by atoms with Gasteiger partial charge in [-0.2, -0.15) is 12.1 Å². The van der Waals surface area contributed by atoms with Crippen LogP contribution in [0.2, 0.25) is 5.02 Å². The molecular formula is C6H3ClFIZn. The zero-order chi connectivity index (χ0) is 5.98. The van der Waals surface area contributed by atoms with Crippen molar-refractivity contribution in [1.29, 1.82) is 0 Å². The first-order valence-electron chi connectivity index (χ1n) is 2.12. The Morgan fingerprint density at radius 2 is 2.10 bits per heavy atom. The zero-order valence-corrected chi connectivity index (χ0v) is 11.0. The Hall–Kier alpha value is 0.793. The van der Waals surface area contributed by atoms with E-state index in [9.17, 15) is 4.39 Å². The first-order valence-corrected chi connectivity index (χ1v) is 2.49. The van der Waals surface area contributed by atoms with Crippen molar-refractivity contribution in [3.05, 3.63) is 35.1 Å². The van der Waals surface area contributed by atoms with E-state index in [0.29, 0.717) is 0 Å². The second-order valence-corrected chi connectivity index (χ2v) is 1.75. The van der Waals surface area contributed by atoms with Gasteiger partial charge in [-0.25, -0.2) is 0 Å². The fourth-order valence-electron chi connectivity index (χ4n) is 0.391. The summed E-state index contributed by atoms with van der Waals surface area (Å²) < 4.78 is 12.2. The third kappa shape index (κ3) is 3.84. The summed E-state index contributed by atoms with van der Waals surface area (Å²) in [6, 6.07) is 6.75. The van der Waals surface area contributed by atoms with Crippen molar-refractivity contribution >= 4 is 11.6 Å². The average molecular weight is 322 g/mol. The van der Waals surface area contributed by atoms with Gasteiger partial charge in [-0.15, -0.1) is 23.7 Å². The summed E-state index contributed by atoms with van der Waals surface area (Å²) in [6.45, 7) is 0. The van der Waals surface area contributed by atoms with Gasteiger partial charge in [0.1, 0.15) is 0 Å². The molecule has 1 aromatic rings. The van der Waals surface area contributed by atoms with Crippen LogP contribution in [0.15, 0.2) is 18.2 Å². The van der Waals surface area contributed by atoms with Crippen LogP contribution in [-0.4, -0.2) is 0 Å². The molecule has 0 amide bonds. The van der Waals surface area contributed by atoms with Crippen LogP contribution < -0.4 is 24.0 Å². The standard InChI is InChI=1S/C6H3ClF.HI.Zn/c7-5-3-1-2-4-6(5)8;;/h1,3-4H;1H;/q-1;;+2/p-1. The van der Waals surface area contributed by atoms with Gasteiger partial charge < -0.3 is 24.0 Å². The minimum atomic E-state index is -0.422. The summed E-state index contributed by atoms with van der Waals surface area (Å²) in [5.41, 5.74) is 0. The quantitative estimate of drug-likeness (QED) is 0.336. The molecule has 0 N–H and O–H groups in total. The van der Waals surface area contributed by atoms with Gasteiger partial charge in [0.15, 0.2) is 0 Å². The van der Waals surface area contributed by atoms with Crippen molar-refractivity contribution in [2.24, 2.45) is 0 Å². The predicted octanol–water partition coefficient (Wildman–Crippen LogP) is -0.719. The van der Waals surface area contributed by atoms with Gasteiger partial charge in [-0.1, -0.05) is 0 Å². The summed E-state index contributed by atoms with van der Waals surface area (Å²) in [6.07, 6.45) is 0. The van der Waals surface area contributed by atoms with Crippen LogP contribution in [0.25, 0.3) is 0 Å². The van der Waals surface area contributed by atoms with Crippen LogP contribution in [0.4, 0.5) is 4.39 Å². The molecule has 0 aliphatic heterocycles. The van der Waals surface area contributed by atoms with E-state index in [1.165, 1.54) is 12.1 Å². The summed E-state index contributed by atoms with van der Waals surface area (Å²) in [7, 11) is 0. The molecule has 0 unspecified atom stereocenters. The van der Waals surface area contributed by atoms with Gasteiger partial charge in [-0.05, 0) is 5.02 Å². The minimum Gasteiger partial charge on any atom is -1.00 e. The fraction of sp³-hybridized carbons (Fsp3) is 0. The molecule has 0 nitrogen and oxygen atoms in total. The molecule has 0 radical (unpaired) electrons. The fourth-order valence-corrected chi connectivity index (χ4v) is 0.509. The average Bonchev–Trinajstić information content (AvgIpc) is 1.77. The van der Waals surface area contributed by atoms with Gasteiger partial charge in [0.05, 0.1) is 0 Å². The molecule has 0 aromatic heterocycles. The Balaban J connectivity index is 0. The van der Waals surface area contributed by atoms with Gasteiger partial charge in [0.25, 0.3) is 0 Å². The van der Waals surface area contributed by atoms with Crippen LogP contribution in [0.3, 0.4) is 0 Å². The van der Waals surface area contributed by atoms with Crippen molar-refractivity contribution in [1.82, 2.24) is 0 Å². The van der Waals surface area contributed by atoms with Crippen LogP contribution >= 0.6 is 11.6 Å². The Labute approximate surface area is 93.9 Å². The molecule has 10 heavy (non-hydrogen) atoms. The van der Waals surface area contributed by atoms with E-state index in [4.69, 9.17) is 11.6 Å². The monoisotopic (exact) mass is 320 g/mol. The second-order valence-electron chi connectivity index (χ2n) is 1.34. The molecular weight excluding hydrogens is 319 g/mol. The number of halogens is 3. The Kier molecular flexibility index (Phi) is 8.70. The second kappa shape index (κ2) is 6.50. The van der Waals surface area contributed by atoms with Crippen molar-refractivity contribution in [3.63, 3.8) is 0 Å². The van der Waals surface area contributed by atoms with Gasteiger partial charge in [0, 0.05) is 5.82 Å². The molecule has 4 heteroatoms. The molecule has 1 aromatic carbocycles. The van der Waals surface area contributed by atoms with E-state index in [1.54, 1.807) is 6.07 Å². The molecule has 0 spiro atoms. The number of rotatable bonds is 0. The molecule has 0 heterocycles. The first kappa shape index (κ1) is 13.4. The zero-order valence-electron chi connectivity index (χ0n) is 5.07. The van der Waals surface area contributed by atoms with E-state index < -0.39 is 5.82 Å². The molecule has 0 fully saturated rings. The van der Waals surface area contributed by atoms with Crippen molar-refractivity contribution in [2.75, 3.05) is 0 Å². The van der Waals surface area contributed by atoms with E-state index in [1.807, 2.05) is 0 Å². The molecule has 0 atom stereocenters. The van der Waals surface area contributed by atoms with Crippen LogP contribution in [0.1, 0.15) is 0 Å². The number of hydrogen-bond donors (Lipinski definition) is 0. The maximum absolute atomic E-state index is 12.2. The van der Waals surface area contributed by atoms with Crippen LogP contribution in [0.5, 0.6) is 0 Å². The van der Waals surface area contributed by atoms with Crippen molar-refractivity contribution < 1.29 is 47.8 Å². The van der Waals surface area contributed by atoms with Gasteiger partial charge in [0.2, 0.25) is 0 Å². The Morgan fingerprint density at radius 1 is 1.50 bits per heavy atom. The molecule has 0 aliphatic rings. The van der Waals surface area contributed by atoms with E-state index in [-0.39, 0.29) is 48.5 Å². The Morgan fingerprint density at radius 3 is 2.40 bits per heavy atom. The first-order chi connectivity index (χ1) is 3.80. The third-order valence-electron chi connectivity index (χ3n) is 0.764. The predicted molar refractivity (Wildman–Crippen MR) is 30.2 cm³/mol. The van der Waals surface area contributed by atoms with Crippen LogP contribution in [0, 0.1) is 11.9 Å². The molecule has 0 bridgehead atoms. The normalized spacial score (nSPS) is 7.40. The maximum Gasteiger partial charge on any atom is 2.00 e. The molecule has 0 saturated carbocycles.